The molecule has 1 atom stereocenters. The highest BCUT2D eigenvalue weighted by Gasteiger charge is 2.28. The summed E-state index contributed by atoms with van der Waals surface area (Å²) < 4.78 is 26.1. The summed E-state index contributed by atoms with van der Waals surface area (Å²) in [4.78, 5) is 28.1. The molecule has 0 saturated heterocycles. The molecule has 1 fully saturated rings. The van der Waals surface area contributed by atoms with Gasteiger partial charge in [-0.1, -0.05) is 60.7 Å². The molecule has 0 bridgehead atoms. The maximum absolute atomic E-state index is 13.4. The number of amides is 2. The van der Waals surface area contributed by atoms with Crippen molar-refractivity contribution >= 4 is 50.7 Å². The van der Waals surface area contributed by atoms with Crippen molar-refractivity contribution in [1.29, 1.82) is 0 Å². The minimum Gasteiger partial charge on any atom is -0.352 e. The molecule has 0 aliphatic heterocycles. The smallest absolute Gasteiger partial charge is 0.242 e. The van der Waals surface area contributed by atoms with E-state index in [0.717, 1.165) is 37.5 Å². The Labute approximate surface area is 230 Å². The first-order chi connectivity index (χ1) is 17.5. The van der Waals surface area contributed by atoms with Crippen LogP contribution in [-0.4, -0.2) is 50.0 Å². The summed E-state index contributed by atoms with van der Waals surface area (Å²) in [6.07, 6.45) is 6.77. The standard InChI is InChI=1S/C27H35Cl2N3O4S/c1-20(27(34)30-24-9-4-3-5-10-24)31(19-21-13-15-22(28)16-14-21)26(33)12-7-17-32(37(2,35)36)25-11-6-8-23(29)18-25/h6,8,11,13-16,18,20,24H,3-5,7,9-10,12,17,19H2,1-2H3,(H,30,34). The van der Waals surface area contributed by atoms with Crippen LogP contribution in [0.25, 0.3) is 0 Å². The molecule has 7 nitrogen and oxygen atoms in total. The largest absolute Gasteiger partial charge is 0.352 e. The zero-order valence-electron chi connectivity index (χ0n) is 21.3. The summed E-state index contributed by atoms with van der Waals surface area (Å²) in [6, 6.07) is 13.2. The summed E-state index contributed by atoms with van der Waals surface area (Å²) in [5.41, 5.74) is 1.30. The lowest BCUT2D eigenvalue weighted by Crippen LogP contribution is -2.50. The number of benzene rings is 2. The fraction of sp³-hybridized carbons (Fsp3) is 0.481. The summed E-state index contributed by atoms with van der Waals surface area (Å²) in [7, 11) is -3.58. The number of hydrogen-bond acceptors (Lipinski definition) is 4. The first-order valence-corrected chi connectivity index (χ1v) is 15.2. The molecule has 0 radical (unpaired) electrons. The van der Waals surface area contributed by atoms with E-state index in [4.69, 9.17) is 23.2 Å². The van der Waals surface area contributed by atoms with E-state index < -0.39 is 16.1 Å². The van der Waals surface area contributed by atoms with Crippen LogP contribution < -0.4 is 9.62 Å². The van der Waals surface area contributed by atoms with E-state index in [1.165, 1.54) is 10.7 Å². The molecule has 0 spiro atoms. The van der Waals surface area contributed by atoms with Crippen molar-refractivity contribution in [3.63, 3.8) is 0 Å². The molecule has 1 N–H and O–H groups in total. The van der Waals surface area contributed by atoms with Gasteiger partial charge >= 0.3 is 0 Å². The molecule has 3 rings (SSSR count). The second-order valence-electron chi connectivity index (χ2n) is 9.59. The van der Waals surface area contributed by atoms with Crippen LogP contribution in [0.4, 0.5) is 5.69 Å². The SMILES string of the molecule is CC(C(=O)NC1CCCCC1)N(Cc1ccc(Cl)cc1)C(=O)CCCN(c1cccc(Cl)c1)S(C)(=O)=O. The summed E-state index contributed by atoms with van der Waals surface area (Å²) >= 11 is 12.1. The van der Waals surface area contributed by atoms with E-state index in [1.54, 1.807) is 48.2 Å². The Hall–Kier alpha value is -2.29. The highest BCUT2D eigenvalue weighted by molar-refractivity contribution is 7.92. The molecular weight excluding hydrogens is 533 g/mol. The Morgan fingerprint density at radius 3 is 2.32 bits per heavy atom. The monoisotopic (exact) mass is 567 g/mol. The molecule has 2 amide bonds. The second kappa shape index (κ2) is 13.5. The van der Waals surface area contributed by atoms with Crippen LogP contribution in [0.3, 0.4) is 0 Å². The molecule has 10 heteroatoms. The zero-order chi connectivity index (χ0) is 27.0. The molecule has 0 heterocycles. The van der Waals surface area contributed by atoms with E-state index in [-0.39, 0.29) is 43.8 Å². The Morgan fingerprint density at radius 1 is 1.03 bits per heavy atom. The lowest BCUT2D eigenvalue weighted by molar-refractivity contribution is -0.141. The van der Waals surface area contributed by atoms with Gasteiger partial charge in [-0.15, -0.1) is 0 Å². The molecule has 202 valence electrons. The maximum atomic E-state index is 13.4. The third-order valence-electron chi connectivity index (χ3n) is 6.63. The van der Waals surface area contributed by atoms with Gasteiger partial charge < -0.3 is 10.2 Å². The van der Waals surface area contributed by atoms with Crippen molar-refractivity contribution in [3.05, 3.63) is 64.1 Å². The summed E-state index contributed by atoms with van der Waals surface area (Å²) in [5.74, 6) is -0.397. The van der Waals surface area contributed by atoms with Gasteiger partial charge in [-0.05, 0) is 62.1 Å². The predicted octanol–water partition coefficient (Wildman–Crippen LogP) is 5.41. The van der Waals surface area contributed by atoms with Gasteiger partial charge in [0.25, 0.3) is 0 Å². The predicted molar refractivity (Wildman–Crippen MR) is 149 cm³/mol. The molecule has 1 unspecified atom stereocenters. The minimum absolute atomic E-state index is 0.0845. The average molecular weight is 569 g/mol. The molecule has 37 heavy (non-hydrogen) atoms. The van der Waals surface area contributed by atoms with Crippen LogP contribution in [0.15, 0.2) is 48.5 Å². The van der Waals surface area contributed by atoms with Gasteiger partial charge in [0.2, 0.25) is 21.8 Å². The number of sulfonamides is 1. The van der Waals surface area contributed by atoms with E-state index >= 15 is 0 Å². The van der Waals surface area contributed by atoms with Gasteiger partial charge in [-0.25, -0.2) is 8.42 Å². The van der Waals surface area contributed by atoms with Crippen molar-refractivity contribution in [2.75, 3.05) is 17.1 Å². The normalized spacial score (nSPS) is 15.1. The lowest BCUT2D eigenvalue weighted by Gasteiger charge is -2.31. The first-order valence-electron chi connectivity index (χ1n) is 12.6. The van der Waals surface area contributed by atoms with Crippen LogP contribution in [0.1, 0.15) is 57.4 Å². The molecule has 2 aromatic rings. The summed E-state index contributed by atoms with van der Waals surface area (Å²) in [5, 5.41) is 4.13. The number of halogens is 2. The number of rotatable bonds is 11. The fourth-order valence-corrected chi connectivity index (χ4v) is 5.84. The Balaban J connectivity index is 1.71. The van der Waals surface area contributed by atoms with Crippen molar-refractivity contribution < 1.29 is 18.0 Å². The Kier molecular flexibility index (Phi) is 10.7. The molecule has 1 aliphatic carbocycles. The van der Waals surface area contributed by atoms with E-state index in [1.807, 2.05) is 12.1 Å². The number of nitrogens with zero attached hydrogens (tertiary/aromatic N) is 2. The van der Waals surface area contributed by atoms with Crippen molar-refractivity contribution in [3.8, 4) is 0 Å². The highest BCUT2D eigenvalue weighted by atomic mass is 35.5. The molecule has 1 saturated carbocycles. The number of hydrogen-bond donors (Lipinski definition) is 1. The van der Waals surface area contributed by atoms with Crippen LogP contribution in [0.2, 0.25) is 10.0 Å². The Morgan fingerprint density at radius 2 is 1.70 bits per heavy atom. The highest BCUT2D eigenvalue weighted by Crippen LogP contribution is 2.23. The third kappa shape index (κ3) is 8.90. The van der Waals surface area contributed by atoms with Gasteiger partial charge in [0.15, 0.2) is 0 Å². The molecule has 2 aromatic carbocycles. The van der Waals surface area contributed by atoms with Gasteiger partial charge in [-0.2, -0.15) is 0 Å². The van der Waals surface area contributed by atoms with Crippen molar-refractivity contribution in [2.24, 2.45) is 0 Å². The molecule has 1 aliphatic rings. The van der Waals surface area contributed by atoms with Gasteiger partial charge in [0.1, 0.15) is 6.04 Å². The number of anilines is 1. The van der Waals surface area contributed by atoms with Gasteiger partial charge in [0.05, 0.1) is 11.9 Å². The van der Waals surface area contributed by atoms with Crippen LogP contribution in [0.5, 0.6) is 0 Å². The fourth-order valence-electron chi connectivity index (χ4n) is 4.57. The number of carbonyl (C=O) groups is 2. The van der Waals surface area contributed by atoms with Gasteiger partial charge in [-0.3, -0.25) is 13.9 Å². The van der Waals surface area contributed by atoms with E-state index in [2.05, 4.69) is 5.32 Å². The minimum atomic E-state index is -3.58. The van der Waals surface area contributed by atoms with Crippen molar-refractivity contribution in [1.82, 2.24) is 10.2 Å². The number of nitrogens with one attached hydrogen (secondary N) is 1. The molecular formula is C27H35Cl2N3O4S. The van der Waals surface area contributed by atoms with E-state index in [9.17, 15) is 18.0 Å². The maximum Gasteiger partial charge on any atom is 0.242 e. The van der Waals surface area contributed by atoms with E-state index in [0.29, 0.717) is 15.7 Å². The zero-order valence-corrected chi connectivity index (χ0v) is 23.7. The van der Waals surface area contributed by atoms with Gasteiger partial charge in [0, 0.05) is 35.6 Å². The average Bonchev–Trinajstić information content (AvgIpc) is 2.85. The van der Waals surface area contributed by atoms with Crippen LogP contribution in [0, 0.1) is 0 Å². The topological polar surface area (TPSA) is 86.8 Å². The summed E-state index contributed by atoms with van der Waals surface area (Å²) in [6.45, 7) is 2.10. The second-order valence-corrected chi connectivity index (χ2v) is 12.4. The van der Waals surface area contributed by atoms with Crippen LogP contribution in [-0.2, 0) is 26.2 Å². The number of carbonyl (C=O) groups excluding carboxylic acids is 2. The third-order valence-corrected chi connectivity index (χ3v) is 8.31. The molecule has 0 aromatic heterocycles. The van der Waals surface area contributed by atoms with Crippen molar-refractivity contribution in [2.45, 2.75) is 70.5 Å². The first kappa shape index (κ1) is 29.3. The quantitative estimate of drug-likeness (QED) is 0.393. The van der Waals surface area contributed by atoms with Crippen LogP contribution >= 0.6 is 23.2 Å². The lowest BCUT2D eigenvalue weighted by atomic mass is 9.95. The Bertz CT molecular complexity index is 1170.